The molecule has 35 heavy (non-hydrogen) atoms. The molecule has 3 atom stereocenters. The highest BCUT2D eigenvalue weighted by Gasteiger charge is 2.46. The molecule has 3 aliphatic rings. The van der Waals surface area contributed by atoms with Crippen LogP contribution in [0.1, 0.15) is 57.9 Å². The van der Waals surface area contributed by atoms with Crippen molar-refractivity contribution in [3.63, 3.8) is 0 Å². The molecule has 6 nitrogen and oxygen atoms in total. The Hall–Kier alpha value is -1.80. The van der Waals surface area contributed by atoms with Crippen LogP contribution in [0.2, 0.25) is 5.02 Å². The van der Waals surface area contributed by atoms with E-state index in [0.29, 0.717) is 31.4 Å². The molecular weight excluding hydrogens is 469 g/mol. The molecule has 0 bridgehead atoms. The van der Waals surface area contributed by atoms with E-state index >= 15 is 0 Å². The summed E-state index contributed by atoms with van der Waals surface area (Å²) in [6, 6.07) is 6.02. The number of pyridine rings is 1. The Labute approximate surface area is 211 Å². The number of nitrogens with one attached hydrogen (secondary N) is 1. The zero-order chi connectivity index (χ0) is 24.8. The van der Waals surface area contributed by atoms with Crippen LogP contribution >= 0.6 is 11.6 Å². The summed E-state index contributed by atoms with van der Waals surface area (Å²) >= 11 is 6.70. The van der Waals surface area contributed by atoms with Gasteiger partial charge in [0.25, 0.3) is 0 Å². The number of carbonyl (C=O) groups is 1. The van der Waals surface area contributed by atoms with Gasteiger partial charge in [-0.1, -0.05) is 11.6 Å². The average Bonchev–Trinajstić information content (AvgIpc) is 3.17. The van der Waals surface area contributed by atoms with Crippen LogP contribution in [0.5, 0.6) is 0 Å². The third kappa shape index (κ3) is 5.06. The van der Waals surface area contributed by atoms with Gasteiger partial charge in [0.15, 0.2) is 0 Å². The SMILES string of the molecule is CC1(C)CC(C(=O)Nc2cc3cc(C4CCN(C5(C)COCC5F)CC4)c(Cl)cc3cn2)CCO1. The second kappa shape index (κ2) is 9.58. The lowest BCUT2D eigenvalue weighted by molar-refractivity contribution is -0.130. The van der Waals surface area contributed by atoms with Crippen LogP contribution in [0.4, 0.5) is 10.2 Å². The average molecular weight is 504 g/mol. The number of benzene rings is 1. The molecule has 1 aromatic heterocycles. The molecule has 1 N–H and O–H groups in total. The van der Waals surface area contributed by atoms with Crippen molar-refractivity contribution in [1.29, 1.82) is 0 Å². The maximum absolute atomic E-state index is 14.5. The fraction of sp³-hybridized carbons (Fsp3) is 0.630. The van der Waals surface area contributed by atoms with E-state index in [1.807, 2.05) is 32.9 Å². The summed E-state index contributed by atoms with van der Waals surface area (Å²) in [4.78, 5) is 19.6. The number of ether oxygens (including phenoxy) is 2. The van der Waals surface area contributed by atoms with Crippen molar-refractivity contribution in [3.05, 3.63) is 35.0 Å². The minimum Gasteiger partial charge on any atom is -0.376 e. The molecule has 3 fully saturated rings. The van der Waals surface area contributed by atoms with E-state index in [4.69, 9.17) is 21.1 Å². The maximum Gasteiger partial charge on any atom is 0.228 e. The number of piperidine rings is 1. The number of alkyl halides is 1. The summed E-state index contributed by atoms with van der Waals surface area (Å²) in [6.45, 7) is 8.88. The van der Waals surface area contributed by atoms with Crippen LogP contribution in [0, 0.1) is 5.92 Å². The minimum atomic E-state index is -0.948. The summed E-state index contributed by atoms with van der Waals surface area (Å²) in [5.74, 6) is 0.768. The molecule has 0 radical (unpaired) electrons. The molecule has 2 aromatic rings. The summed E-state index contributed by atoms with van der Waals surface area (Å²) in [5.41, 5.74) is 0.292. The van der Waals surface area contributed by atoms with Gasteiger partial charge in [-0.15, -0.1) is 0 Å². The fourth-order valence-corrected chi connectivity index (χ4v) is 6.20. The van der Waals surface area contributed by atoms with Gasteiger partial charge in [0, 0.05) is 29.1 Å². The lowest BCUT2D eigenvalue weighted by atomic mass is 9.85. The predicted molar refractivity (Wildman–Crippen MR) is 136 cm³/mol. The van der Waals surface area contributed by atoms with Crippen LogP contribution in [0.15, 0.2) is 24.4 Å². The van der Waals surface area contributed by atoms with Crippen molar-refractivity contribution in [2.24, 2.45) is 5.92 Å². The Kier molecular flexibility index (Phi) is 6.81. The quantitative estimate of drug-likeness (QED) is 0.610. The van der Waals surface area contributed by atoms with Gasteiger partial charge < -0.3 is 14.8 Å². The highest BCUT2D eigenvalue weighted by atomic mass is 35.5. The first-order valence-electron chi connectivity index (χ1n) is 12.7. The van der Waals surface area contributed by atoms with Gasteiger partial charge in [-0.2, -0.15) is 0 Å². The molecule has 1 aromatic carbocycles. The van der Waals surface area contributed by atoms with Gasteiger partial charge in [0.05, 0.1) is 24.4 Å². The molecule has 3 unspecified atom stereocenters. The Morgan fingerprint density at radius 3 is 2.63 bits per heavy atom. The third-order valence-corrected chi connectivity index (χ3v) is 8.47. The predicted octanol–water partition coefficient (Wildman–Crippen LogP) is 5.34. The Morgan fingerprint density at radius 2 is 1.94 bits per heavy atom. The smallest absolute Gasteiger partial charge is 0.228 e. The highest BCUT2D eigenvalue weighted by Crippen LogP contribution is 2.39. The summed E-state index contributed by atoms with van der Waals surface area (Å²) in [7, 11) is 0. The van der Waals surface area contributed by atoms with E-state index in [1.54, 1.807) is 6.20 Å². The van der Waals surface area contributed by atoms with Gasteiger partial charge in [0.2, 0.25) is 5.91 Å². The van der Waals surface area contributed by atoms with Crippen LogP contribution in [-0.2, 0) is 14.3 Å². The Bertz CT molecular complexity index is 1100. The van der Waals surface area contributed by atoms with Crippen molar-refractivity contribution in [3.8, 4) is 0 Å². The molecule has 0 saturated carbocycles. The van der Waals surface area contributed by atoms with Crippen LogP contribution in [0.25, 0.3) is 10.8 Å². The molecule has 0 aliphatic carbocycles. The topological polar surface area (TPSA) is 63.7 Å². The first-order valence-corrected chi connectivity index (χ1v) is 13.0. The van der Waals surface area contributed by atoms with Gasteiger partial charge in [-0.25, -0.2) is 9.37 Å². The molecule has 3 saturated heterocycles. The molecule has 190 valence electrons. The lowest BCUT2D eigenvalue weighted by Gasteiger charge is -2.43. The van der Waals surface area contributed by atoms with Crippen molar-refractivity contribution in [2.45, 2.75) is 69.7 Å². The number of anilines is 1. The van der Waals surface area contributed by atoms with E-state index in [-0.39, 0.29) is 24.0 Å². The number of fused-ring (bicyclic) bond motifs is 1. The van der Waals surface area contributed by atoms with Gasteiger partial charge >= 0.3 is 0 Å². The number of nitrogens with zero attached hydrogens (tertiary/aromatic N) is 2. The Balaban J connectivity index is 1.29. The number of aromatic nitrogens is 1. The van der Waals surface area contributed by atoms with Crippen LogP contribution < -0.4 is 5.32 Å². The number of hydrogen-bond acceptors (Lipinski definition) is 5. The normalized spacial score (nSPS) is 30.0. The minimum absolute atomic E-state index is 0.00895. The fourth-order valence-electron chi connectivity index (χ4n) is 5.88. The number of amides is 1. The molecule has 3 aliphatic heterocycles. The number of rotatable bonds is 4. The summed E-state index contributed by atoms with van der Waals surface area (Å²) in [6.07, 6.45) is 4.06. The van der Waals surface area contributed by atoms with E-state index in [0.717, 1.165) is 53.7 Å². The Morgan fingerprint density at radius 1 is 1.17 bits per heavy atom. The number of hydrogen-bond donors (Lipinski definition) is 1. The molecule has 5 rings (SSSR count). The number of carbonyl (C=O) groups excluding carboxylic acids is 1. The van der Waals surface area contributed by atoms with Gasteiger partial charge in [-0.05, 0) is 94.6 Å². The van der Waals surface area contributed by atoms with Gasteiger partial charge in [-0.3, -0.25) is 9.69 Å². The number of likely N-dealkylation sites (tertiary alicyclic amines) is 1. The summed E-state index contributed by atoms with van der Waals surface area (Å²) in [5, 5.41) is 5.69. The molecule has 4 heterocycles. The van der Waals surface area contributed by atoms with Crippen molar-refractivity contribution < 1.29 is 18.7 Å². The molecule has 1 amide bonds. The third-order valence-electron chi connectivity index (χ3n) is 8.15. The second-order valence-electron chi connectivity index (χ2n) is 11.2. The highest BCUT2D eigenvalue weighted by molar-refractivity contribution is 6.32. The first kappa shape index (κ1) is 24.9. The van der Waals surface area contributed by atoms with E-state index in [9.17, 15) is 9.18 Å². The summed E-state index contributed by atoms with van der Waals surface area (Å²) < 4.78 is 25.6. The molecular formula is C27H35ClFN3O3. The van der Waals surface area contributed by atoms with Crippen LogP contribution in [-0.4, -0.2) is 66.0 Å². The van der Waals surface area contributed by atoms with E-state index in [2.05, 4.69) is 21.3 Å². The molecule has 8 heteroatoms. The monoisotopic (exact) mass is 503 g/mol. The molecule has 0 spiro atoms. The maximum atomic E-state index is 14.5. The number of halogens is 2. The zero-order valence-corrected chi connectivity index (χ0v) is 21.5. The van der Waals surface area contributed by atoms with Crippen molar-refractivity contribution in [2.75, 3.05) is 38.2 Å². The lowest BCUT2D eigenvalue weighted by Crippen LogP contribution is -2.55. The van der Waals surface area contributed by atoms with Crippen molar-refractivity contribution >= 4 is 34.1 Å². The largest absolute Gasteiger partial charge is 0.376 e. The van der Waals surface area contributed by atoms with Crippen molar-refractivity contribution in [1.82, 2.24) is 9.88 Å². The standard InChI is InChI=1S/C27H35ClFN3O3/c1-26(2)13-18(6-9-35-26)25(33)31-24-12-19-10-21(22(28)11-20(19)14-30-24)17-4-7-32(8-5-17)27(3)16-34-15-23(27)29/h10-12,14,17-18,23H,4-9,13,15-16H2,1-3H3,(H,30,31,33). The van der Waals surface area contributed by atoms with Crippen LogP contribution in [0.3, 0.4) is 0 Å². The van der Waals surface area contributed by atoms with E-state index in [1.165, 1.54) is 0 Å². The van der Waals surface area contributed by atoms with E-state index < -0.39 is 11.7 Å². The first-order chi connectivity index (χ1) is 16.6. The van der Waals surface area contributed by atoms with Gasteiger partial charge in [0.1, 0.15) is 12.0 Å². The second-order valence-corrected chi connectivity index (χ2v) is 11.6. The zero-order valence-electron chi connectivity index (χ0n) is 20.8.